The molecule has 0 amide bonds. The zero-order chi connectivity index (χ0) is 14.9. The van der Waals surface area contributed by atoms with Crippen LogP contribution in [0.3, 0.4) is 0 Å². The van der Waals surface area contributed by atoms with Gasteiger partial charge in [-0.3, -0.25) is 4.98 Å². The predicted molar refractivity (Wildman–Crippen MR) is 74.2 cm³/mol. The average Bonchev–Trinajstić information content (AvgIpc) is 2.47. The molecule has 1 aliphatic carbocycles. The second-order valence-electron chi connectivity index (χ2n) is 5.46. The van der Waals surface area contributed by atoms with E-state index >= 15 is 0 Å². The fraction of sp³-hybridized carbons (Fsp3) is 0.438. The molecule has 0 atom stereocenters. The summed E-state index contributed by atoms with van der Waals surface area (Å²) in [5.74, 6) is -0.470. The van der Waals surface area contributed by atoms with Crippen LogP contribution in [0.5, 0.6) is 5.75 Å². The Morgan fingerprint density at radius 1 is 1.00 bits per heavy atom. The fourth-order valence-corrected chi connectivity index (χ4v) is 2.87. The second kappa shape index (κ2) is 5.54. The van der Waals surface area contributed by atoms with Gasteiger partial charge in [0.15, 0.2) is 0 Å². The monoisotopic (exact) mass is 295 g/mol. The van der Waals surface area contributed by atoms with Crippen molar-refractivity contribution in [2.24, 2.45) is 5.92 Å². The van der Waals surface area contributed by atoms with Crippen LogP contribution in [0.25, 0.3) is 10.9 Å². The SMILES string of the molecule is FC(F)(F)[C@H]1CC[C@H](Oc2cccc3ncccc23)CC1. The highest BCUT2D eigenvalue weighted by atomic mass is 19.4. The van der Waals surface area contributed by atoms with Gasteiger partial charge in [0.1, 0.15) is 5.75 Å². The number of fused-ring (bicyclic) bond motifs is 1. The number of pyridine rings is 1. The molecule has 0 aliphatic heterocycles. The van der Waals surface area contributed by atoms with Gasteiger partial charge in [0.05, 0.1) is 17.5 Å². The molecule has 5 heteroatoms. The summed E-state index contributed by atoms with van der Waals surface area (Å²) in [6.07, 6.45) is -1.32. The quantitative estimate of drug-likeness (QED) is 0.798. The Morgan fingerprint density at radius 3 is 2.48 bits per heavy atom. The van der Waals surface area contributed by atoms with Crippen molar-refractivity contribution in [3.63, 3.8) is 0 Å². The van der Waals surface area contributed by atoms with Crippen LogP contribution in [0.4, 0.5) is 13.2 Å². The van der Waals surface area contributed by atoms with Crippen molar-refractivity contribution in [2.45, 2.75) is 38.0 Å². The van der Waals surface area contributed by atoms with E-state index in [0.717, 1.165) is 10.9 Å². The molecule has 21 heavy (non-hydrogen) atoms. The first kappa shape index (κ1) is 14.2. The van der Waals surface area contributed by atoms with Crippen LogP contribution >= 0.6 is 0 Å². The largest absolute Gasteiger partial charge is 0.490 e. The van der Waals surface area contributed by atoms with Gasteiger partial charge in [-0.15, -0.1) is 0 Å². The van der Waals surface area contributed by atoms with Crippen molar-refractivity contribution in [2.75, 3.05) is 0 Å². The van der Waals surface area contributed by atoms with E-state index in [1.807, 2.05) is 30.3 Å². The predicted octanol–water partition coefficient (Wildman–Crippen LogP) is 4.73. The number of benzene rings is 1. The van der Waals surface area contributed by atoms with Gasteiger partial charge in [-0.25, -0.2) is 0 Å². The first-order valence-electron chi connectivity index (χ1n) is 7.11. The number of aromatic nitrogens is 1. The molecule has 2 nitrogen and oxygen atoms in total. The summed E-state index contributed by atoms with van der Waals surface area (Å²) in [6.45, 7) is 0. The number of hydrogen-bond acceptors (Lipinski definition) is 2. The topological polar surface area (TPSA) is 22.1 Å². The van der Waals surface area contributed by atoms with Crippen LogP contribution in [0.2, 0.25) is 0 Å². The van der Waals surface area contributed by atoms with E-state index in [1.165, 1.54) is 0 Å². The van der Waals surface area contributed by atoms with Gasteiger partial charge in [-0.05, 0) is 49.9 Å². The minimum Gasteiger partial charge on any atom is -0.490 e. The van der Waals surface area contributed by atoms with E-state index in [9.17, 15) is 13.2 Å². The lowest BCUT2D eigenvalue weighted by atomic mass is 9.87. The molecule has 1 aliphatic rings. The summed E-state index contributed by atoms with van der Waals surface area (Å²) in [5, 5.41) is 0.901. The molecule has 1 heterocycles. The van der Waals surface area contributed by atoms with Crippen molar-refractivity contribution >= 4 is 10.9 Å². The molecule has 0 unspecified atom stereocenters. The van der Waals surface area contributed by atoms with Crippen molar-refractivity contribution < 1.29 is 17.9 Å². The number of halogens is 3. The minimum absolute atomic E-state index is 0.144. The molecule has 0 spiro atoms. The van der Waals surface area contributed by atoms with Crippen molar-refractivity contribution in [1.29, 1.82) is 0 Å². The second-order valence-corrected chi connectivity index (χ2v) is 5.46. The summed E-state index contributed by atoms with van der Waals surface area (Å²) in [4.78, 5) is 4.25. The molecule has 2 aromatic rings. The molecule has 1 aromatic heterocycles. The van der Waals surface area contributed by atoms with Gasteiger partial charge in [-0.1, -0.05) is 6.07 Å². The van der Waals surface area contributed by atoms with Crippen LogP contribution < -0.4 is 4.74 Å². The smallest absolute Gasteiger partial charge is 0.391 e. The Kier molecular flexibility index (Phi) is 3.74. The number of nitrogens with zero attached hydrogens (tertiary/aromatic N) is 1. The van der Waals surface area contributed by atoms with E-state index in [4.69, 9.17) is 4.74 Å². The Labute approximate surface area is 120 Å². The van der Waals surface area contributed by atoms with Gasteiger partial charge in [0.25, 0.3) is 0 Å². The molecule has 0 bridgehead atoms. The first-order valence-corrected chi connectivity index (χ1v) is 7.11. The standard InChI is InChI=1S/C16H16F3NO/c17-16(18,19)11-6-8-12(9-7-11)21-15-5-1-4-14-13(15)3-2-10-20-14/h1-5,10-12H,6-9H2/t11-,12-. The molecular weight excluding hydrogens is 279 g/mol. The van der Waals surface area contributed by atoms with E-state index < -0.39 is 12.1 Å². The van der Waals surface area contributed by atoms with Crippen LogP contribution in [-0.4, -0.2) is 17.3 Å². The van der Waals surface area contributed by atoms with Gasteiger partial charge in [0.2, 0.25) is 0 Å². The minimum atomic E-state index is -4.08. The first-order chi connectivity index (χ1) is 10.0. The molecule has 1 fully saturated rings. The summed E-state index contributed by atoms with van der Waals surface area (Å²) < 4.78 is 43.9. The molecular formula is C16H16F3NO. The van der Waals surface area contributed by atoms with Crippen LogP contribution in [0, 0.1) is 5.92 Å². The van der Waals surface area contributed by atoms with Crippen LogP contribution in [0.1, 0.15) is 25.7 Å². The molecule has 1 aromatic carbocycles. The molecule has 0 radical (unpaired) electrons. The fourth-order valence-electron chi connectivity index (χ4n) is 2.87. The molecule has 0 N–H and O–H groups in total. The summed E-state index contributed by atoms with van der Waals surface area (Å²) in [7, 11) is 0. The molecule has 112 valence electrons. The molecule has 3 rings (SSSR count). The Bertz CT molecular complexity index is 613. The van der Waals surface area contributed by atoms with E-state index in [2.05, 4.69) is 4.98 Å². The van der Waals surface area contributed by atoms with Gasteiger partial charge < -0.3 is 4.74 Å². The lowest BCUT2D eigenvalue weighted by molar-refractivity contribution is -0.185. The number of hydrogen-bond donors (Lipinski definition) is 0. The van der Waals surface area contributed by atoms with Crippen molar-refractivity contribution in [1.82, 2.24) is 4.98 Å². The third-order valence-corrected chi connectivity index (χ3v) is 4.04. The zero-order valence-electron chi connectivity index (χ0n) is 11.4. The van der Waals surface area contributed by atoms with Gasteiger partial charge in [-0.2, -0.15) is 13.2 Å². The third-order valence-electron chi connectivity index (χ3n) is 4.04. The molecule has 0 saturated heterocycles. The summed E-state index contributed by atoms with van der Waals surface area (Å²) >= 11 is 0. The van der Waals surface area contributed by atoms with E-state index in [-0.39, 0.29) is 18.9 Å². The summed E-state index contributed by atoms with van der Waals surface area (Å²) in [6, 6.07) is 9.34. The van der Waals surface area contributed by atoms with Crippen LogP contribution in [-0.2, 0) is 0 Å². The average molecular weight is 295 g/mol. The molecule has 1 saturated carbocycles. The number of alkyl halides is 3. The maximum absolute atomic E-state index is 12.7. The highest BCUT2D eigenvalue weighted by Gasteiger charge is 2.41. The lowest BCUT2D eigenvalue weighted by Crippen LogP contribution is -2.31. The Balaban J connectivity index is 1.70. The number of ether oxygens (including phenoxy) is 1. The highest BCUT2D eigenvalue weighted by Crippen LogP contribution is 2.39. The van der Waals surface area contributed by atoms with Crippen molar-refractivity contribution in [3.05, 3.63) is 36.5 Å². The van der Waals surface area contributed by atoms with E-state index in [0.29, 0.717) is 18.6 Å². The normalized spacial score (nSPS) is 23.2. The maximum atomic E-state index is 12.7. The van der Waals surface area contributed by atoms with Crippen LogP contribution in [0.15, 0.2) is 36.5 Å². The van der Waals surface area contributed by atoms with Gasteiger partial charge in [0, 0.05) is 11.6 Å². The highest BCUT2D eigenvalue weighted by molar-refractivity contribution is 5.84. The maximum Gasteiger partial charge on any atom is 0.391 e. The number of rotatable bonds is 2. The van der Waals surface area contributed by atoms with Crippen molar-refractivity contribution in [3.8, 4) is 5.75 Å². The summed E-state index contributed by atoms with van der Waals surface area (Å²) in [5.41, 5.74) is 0.832. The Morgan fingerprint density at radius 2 is 1.76 bits per heavy atom. The lowest BCUT2D eigenvalue weighted by Gasteiger charge is -2.30. The van der Waals surface area contributed by atoms with E-state index in [1.54, 1.807) is 6.20 Å². The Hall–Kier alpha value is -1.78. The zero-order valence-corrected chi connectivity index (χ0v) is 11.4. The van der Waals surface area contributed by atoms with Gasteiger partial charge >= 0.3 is 6.18 Å². The third kappa shape index (κ3) is 3.12.